The number of esters is 1. The van der Waals surface area contributed by atoms with Crippen molar-refractivity contribution in [1.82, 2.24) is 4.90 Å². The lowest BCUT2D eigenvalue weighted by Gasteiger charge is -2.14. The van der Waals surface area contributed by atoms with Gasteiger partial charge in [0.1, 0.15) is 12.2 Å². The zero-order chi connectivity index (χ0) is 10.7. The first-order chi connectivity index (χ1) is 6.54. The van der Waals surface area contributed by atoms with Crippen LogP contribution >= 0.6 is 0 Å². The lowest BCUT2D eigenvalue weighted by Crippen LogP contribution is -2.29. The number of hydrogen-bond donors (Lipinski definition) is 1. The minimum absolute atomic E-state index is 0.112. The predicted molar refractivity (Wildman–Crippen MR) is 48.4 cm³/mol. The molecule has 5 nitrogen and oxygen atoms in total. The van der Waals surface area contributed by atoms with Crippen LogP contribution in [0.25, 0.3) is 0 Å². The van der Waals surface area contributed by atoms with Gasteiger partial charge in [-0.3, -0.25) is 9.59 Å². The molecule has 1 saturated heterocycles. The lowest BCUT2D eigenvalue weighted by atomic mass is 10.2. The monoisotopic (exact) mass is 201 g/mol. The summed E-state index contributed by atoms with van der Waals surface area (Å²) in [4.78, 5) is 23.4. The van der Waals surface area contributed by atoms with Gasteiger partial charge in [0.05, 0.1) is 13.1 Å². The molecule has 0 aromatic rings. The number of ether oxygens (including phenoxy) is 1. The molecule has 14 heavy (non-hydrogen) atoms. The second-order valence-corrected chi connectivity index (χ2v) is 3.37. The number of hydrogen-bond acceptors (Lipinski definition) is 4. The molecule has 1 fully saturated rings. The maximum Gasteiger partial charge on any atom is 0.305 e. The van der Waals surface area contributed by atoms with Gasteiger partial charge >= 0.3 is 5.97 Å². The summed E-state index contributed by atoms with van der Waals surface area (Å²) in [7, 11) is 0. The van der Waals surface area contributed by atoms with Crippen molar-refractivity contribution in [3.63, 3.8) is 0 Å². The second kappa shape index (κ2) is 4.41. The number of nitrogens with zero attached hydrogens (tertiary/aromatic N) is 1. The molecule has 0 aromatic carbocycles. The van der Waals surface area contributed by atoms with E-state index in [0.29, 0.717) is 6.54 Å². The number of likely N-dealkylation sites (tertiary alicyclic amines) is 1. The molecule has 2 unspecified atom stereocenters. The third-order valence-corrected chi connectivity index (χ3v) is 2.25. The SMILES string of the molecule is CCC(=O)OC1CN(C(C)=O)CC1O. The van der Waals surface area contributed by atoms with Gasteiger partial charge in [0, 0.05) is 13.3 Å². The lowest BCUT2D eigenvalue weighted by molar-refractivity contribution is -0.152. The molecule has 1 aliphatic heterocycles. The number of rotatable bonds is 2. The molecule has 1 amide bonds. The van der Waals surface area contributed by atoms with Crippen LogP contribution in [-0.4, -0.2) is 47.2 Å². The van der Waals surface area contributed by atoms with Crippen LogP contribution in [0.15, 0.2) is 0 Å². The van der Waals surface area contributed by atoms with Crippen LogP contribution in [0.4, 0.5) is 0 Å². The van der Waals surface area contributed by atoms with E-state index >= 15 is 0 Å². The first-order valence-electron chi connectivity index (χ1n) is 4.67. The van der Waals surface area contributed by atoms with Crippen molar-refractivity contribution in [3.05, 3.63) is 0 Å². The Balaban J connectivity index is 2.48. The fourth-order valence-corrected chi connectivity index (χ4v) is 1.38. The summed E-state index contributed by atoms with van der Waals surface area (Å²) in [5, 5.41) is 9.48. The van der Waals surface area contributed by atoms with E-state index in [4.69, 9.17) is 4.74 Å². The summed E-state index contributed by atoms with van der Waals surface area (Å²) in [6.07, 6.45) is -1.04. The van der Waals surface area contributed by atoms with Gasteiger partial charge in [-0.2, -0.15) is 0 Å². The van der Waals surface area contributed by atoms with Gasteiger partial charge in [0.25, 0.3) is 0 Å². The molecule has 80 valence electrons. The Kier molecular flexibility index (Phi) is 3.46. The predicted octanol–water partition coefficient (Wildman–Crippen LogP) is -0.469. The molecule has 0 aromatic heterocycles. The Hall–Kier alpha value is -1.10. The number of carbonyl (C=O) groups is 2. The van der Waals surface area contributed by atoms with E-state index in [1.54, 1.807) is 6.92 Å². The van der Waals surface area contributed by atoms with Gasteiger partial charge < -0.3 is 14.7 Å². The smallest absolute Gasteiger partial charge is 0.305 e. The second-order valence-electron chi connectivity index (χ2n) is 3.37. The zero-order valence-electron chi connectivity index (χ0n) is 8.40. The van der Waals surface area contributed by atoms with E-state index in [1.165, 1.54) is 11.8 Å². The highest BCUT2D eigenvalue weighted by molar-refractivity contribution is 5.74. The van der Waals surface area contributed by atoms with Crippen LogP contribution in [0, 0.1) is 0 Å². The van der Waals surface area contributed by atoms with Crippen molar-refractivity contribution < 1.29 is 19.4 Å². The van der Waals surface area contributed by atoms with Crippen molar-refractivity contribution in [1.29, 1.82) is 0 Å². The van der Waals surface area contributed by atoms with E-state index in [-0.39, 0.29) is 24.8 Å². The molecule has 0 aliphatic carbocycles. The minimum Gasteiger partial charge on any atom is -0.458 e. The molecule has 1 rings (SSSR count). The molecular formula is C9H15NO4. The molecule has 0 radical (unpaired) electrons. The highest BCUT2D eigenvalue weighted by atomic mass is 16.6. The van der Waals surface area contributed by atoms with Crippen LogP contribution in [0.1, 0.15) is 20.3 Å². The van der Waals surface area contributed by atoms with Gasteiger partial charge in [-0.25, -0.2) is 0 Å². The molecule has 1 heterocycles. The van der Waals surface area contributed by atoms with Gasteiger partial charge in [0.15, 0.2) is 0 Å². The standard InChI is InChI=1S/C9H15NO4/c1-3-9(13)14-8-5-10(6(2)11)4-7(8)12/h7-8,12H,3-5H2,1-2H3. The van der Waals surface area contributed by atoms with Crippen molar-refractivity contribution in [2.75, 3.05) is 13.1 Å². The van der Waals surface area contributed by atoms with E-state index in [2.05, 4.69) is 0 Å². The zero-order valence-corrected chi connectivity index (χ0v) is 8.40. The maximum absolute atomic E-state index is 11.0. The highest BCUT2D eigenvalue weighted by Crippen LogP contribution is 2.14. The first kappa shape index (κ1) is 11.0. The van der Waals surface area contributed by atoms with Crippen LogP contribution in [0.3, 0.4) is 0 Å². The fourth-order valence-electron chi connectivity index (χ4n) is 1.38. The van der Waals surface area contributed by atoms with Crippen molar-refractivity contribution in [3.8, 4) is 0 Å². The molecule has 2 atom stereocenters. The molecule has 0 spiro atoms. The summed E-state index contributed by atoms with van der Waals surface area (Å²) in [6, 6.07) is 0. The fraction of sp³-hybridized carbons (Fsp3) is 0.778. The van der Waals surface area contributed by atoms with Gasteiger partial charge in [-0.05, 0) is 0 Å². The summed E-state index contributed by atoms with van der Waals surface area (Å²) in [6.45, 7) is 3.66. The topological polar surface area (TPSA) is 66.8 Å². The molecule has 0 saturated carbocycles. The number of carbonyl (C=O) groups excluding carboxylic acids is 2. The Labute approximate surface area is 82.6 Å². The normalized spacial score (nSPS) is 26.4. The van der Waals surface area contributed by atoms with E-state index in [0.717, 1.165) is 0 Å². The van der Waals surface area contributed by atoms with Crippen LogP contribution in [0.2, 0.25) is 0 Å². The summed E-state index contributed by atoms with van der Waals surface area (Å²) in [5.41, 5.74) is 0. The number of aliphatic hydroxyl groups is 1. The summed E-state index contributed by atoms with van der Waals surface area (Å²) in [5.74, 6) is -0.460. The Bertz CT molecular complexity index is 241. The third kappa shape index (κ3) is 2.45. The Morgan fingerprint density at radius 2 is 2.14 bits per heavy atom. The number of aliphatic hydroxyl groups excluding tert-OH is 1. The first-order valence-corrected chi connectivity index (χ1v) is 4.67. The van der Waals surface area contributed by atoms with E-state index in [1.807, 2.05) is 0 Å². The van der Waals surface area contributed by atoms with Crippen molar-refractivity contribution in [2.45, 2.75) is 32.5 Å². The summed E-state index contributed by atoms with van der Waals surface area (Å²) < 4.78 is 4.97. The quantitative estimate of drug-likeness (QED) is 0.613. The van der Waals surface area contributed by atoms with E-state index in [9.17, 15) is 14.7 Å². The van der Waals surface area contributed by atoms with Crippen LogP contribution < -0.4 is 0 Å². The van der Waals surface area contributed by atoms with Gasteiger partial charge in [-0.1, -0.05) is 6.92 Å². The molecule has 0 bridgehead atoms. The molecular weight excluding hydrogens is 186 g/mol. The average molecular weight is 201 g/mol. The van der Waals surface area contributed by atoms with Crippen LogP contribution in [0.5, 0.6) is 0 Å². The molecule has 1 N–H and O–H groups in total. The van der Waals surface area contributed by atoms with E-state index < -0.39 is 12.2 Å². The van der Waals surface area contributed by atoms with Gasteiger partial charge in [-0.15, -0.1) is 0 Å². The largest absolute Gasteiger partial charge is 0.458 e. The summed E-state index contributed by atoms with van der Waals surface area (Å²) >= 11 is 0. The highest BCUT2D eigenvalue weighted by Gasteiger charge is 2.34. The number of β-amino-alcohol motifs (C(OH)–C–C–N with tert-alkyl or cyclic N) is 1. The Morgan fingerprint density at radius 3 is 2.57 bits per heavy atom. The van der Waals surface area contributed by atoms with Gasteiger partial charge in [0.2, 0.25) is 5.91 Å². The van der Waals surface area contributed by atoms with Crippen molar-refractivity contribution in [2.24, 2.45) is 0 Å². The Morgan fingerprint density at radius 1 is 1.50 bits per heavy atom. The number of amides is 1. The maximum atomic E-state index is 11.0. The van der Waals surface area contributed by atoms with Crippen molar-refractivity contribution >= 4 is 11.9 Å². The third-order valence-electron chi connectivity index (χ3n) is 2.25. The van der Waals surface area contributed by atoms with Crippen LogP contribution in [-0.2, 0) is 14.3 Å². The average Bonchev–Trinajstić information content (AvgIpc) is 2.48. The molecule has 5 heteroatoms. The molecule has 1 aliphatic rings. The minimum atomic E-state index is -0.755.